The van der Waals surface area contributed by atoms with E-state index in [0.29, 0.717) is 12.3 Å². The molecule has 0 fully saturated rings. The number of thiazole rings is 1. The van der Waals surface area contributed by atoms with Crippen LogP contribution in [-0.4, -0.2) is 28.3 Å². The van der Waals surface area contributed by atoms with E-state index in [-0.39, 0.29) is 23.8 Å². The van der Waals surface area contributed by atoms with Crippen LogP contribution in [0, 0.1) is 5.82 Å². The van der Waals surface area contributed by atoms with Gasteiger partial charge in [-0.3, -0.25) is 14.5 Å². The highest BCUT2D eigenvalue weighted by Gasteiger charge is 2.36. The van der Waals surface area contributed by atoms with Crippen LogP contribution in [0.1, 0.15) is 51.4 Å². The quantitative estimate of drug-likeness (QED) is 0.788. The second-order valence-electron chi connectivity index (χ2n) is 5.16. The van der Waals surface area contributed by atoms with Gasteiger partial charge in [-0.15, -0.1) is 11.3 Å². The number of fused-ring (bicyclic) bond motifs is 1. The Morgan fingerprint density at radius 1 is 1.30 bits per heavy atom. The molecule has 0 saturated carbocycles. The lowest BCUT2D eigenvalue weighted by Crippen LogP contribution is -2.29. The third-order valence-electron chi connectivity index (χ3n) is 3.59. The second kappa shape index (κ2) is 6.17. The molecule has 0 bridgehead atoms. The van der Waals surface area contributed by atoms with E-state index in [0.717, 1.165) is 16.0 Å². The Kier molecular flexibility index (Phi) is 4.23. The summed E-state index contributed by atoms with van der Waals surface area (Å²) in [6.45, 7) is 4.46. The minimum Gasteiger partial charge on any atom is -0.372 e. The van der Waals surface area contributed by atoms with Gasteiger partial charge in [-0.1, -0.05) is 0 Å². The summed E-state index contributed by atoms with van der Waals surface area (Å²) in [6, 6.07) is 3.62. The van der Waals surface area contributed by atoms with Gasteiger partial charge in [0.25, 0.3) is 11.8 Å². The molecule has 0 radical (unpaired) electrons. The first-order valence-corrected chi connectivity index (χ1v) is 8.11. The Labute approximate surface area is 136 Å². The van der Waals surface area contributed by atoms with Crippen LogP contribution in [0.2, 0.25) is 0 Å². The molecule has 0 saturated heterocycles. The predicted molar refractivity (Wildman–Crippen MR) is 82.8 cm³/mol. The number of amides is 2. The number of nitrogens with zero attached hydrogens (tertiary/aromatic N) is 2. The van der Waals surface area contributed by atoms with Crippen LogP contribution in [0.4, 0.5) is 4.39 Å². The molecule has 0 N–H and O–H groups in total. The average Bonchev–Trinajstić information content (AvgIpc) is 3.08. The van der Waals surface area contributed by atoms with Crippen molar-refractivity contribution in [3.8, 4) is 0 Å². The lowest BCUT2D eigenvalue weighted by Gasteiger charge is -2.12. The van der Waals surface area contributed by atoms with Gasteiger partial charge in [0.1, 0.15) is 16.9 Å². The number of carbonyl (C=O) groups is 2. The number of aromatic nitrogens is 1. The molecular formula is C16H15FN2O3S. The fourth-order valence-electron chi connectivity index (χ4n) is 2.47. The molecule has 2 amide bonds. The standard InChI is InChI=1S/C16H15FN2O3S/c1-3-22-9(2)14-18-11(8-23-14)7-19-15(20)12-5-4-10(17)6-13(12)16(19)21/h4-6,8-9H,3,7H2,1-2H3/t9-/m0/s1. The van der Waals surface area contributed by atoms with Gasteiger partial charge in [0.05, 0.1) is 23.4 Å². The Morgan fingerprint density at radius 2 is 2.04 bits per heavy atom. The van der Waals surface area contributed by atoms with E-state index in [4.69, 9.17) is 4.74 Å². The molecular weight excluding hydrogens is 319 g/mol. The van der Waals surface area contributed by atoms with Gasteiger partial charge in [-0.2, -0.15) is 0 Å². The number of benzene rings is 1. The Bertz CT molecular complexity index is 774. The first kappa shape index (κ1) is 15.8. The molecule has 2 heterocycles. The molecule has 1 aromatic carbocycles. The van der Waals surface area contributed by atoms with Crippen LogP contribution in [0.5, 0.6) is 0 Å². The highest BCUT2D eigenvalue weighted by atomic mass is 32.1. The lowest BCUT2D eigenvalue weighted by molar-refractivity contribution is 0.0639. The molecule has 1 atom stereocenters. The lowest BCUT2D eigenvalue weighted by atomic mass is 10.1. The molecule has 23 heavy (non-hydrogen) atoms. The fraction of sp³-hybridized carbons (Fsp3) is 0.312. The van der Waals surface area contributed by atoms with E-state index >= 15 is 0 Å². The summed E-state index contributed by atoms with van der Waals surface area (Å²) in [7, 11) is 0. The Morgan fingerprint density at radius 3 is 2.78 bits per heavy atom. The molecule has 1 aliphatic heterocycles. The molecule has 5 nitrogen and oxygen atoms in total. The summed E-state index contributed by atoms with van der Waals surface area (Å²) in [4.78, 5) is 30.1. The number of carbonyl (C=O) groups excluding carboxylic acids is 2. The monoisotopic (exact) mass is 334 g/mol. The Hall–Kier alpha value is -2.12. The van der Waals surface area contributed by atoms with E-state index in [1.54, 1.807) is 5.38 Å². The van der Waals surface area contributed by atoms with Crippen molar-refractivity contribution in [2.24, 2.45) is 0 Å². The topological polar surface area (TPSA) is 59.5 Å². The number of hydrogen-bond donors (Lipinski definition) is 0. The first-order valence-electron chi connectivity index (χ1n) is 7.23. The number of imide groups is 1. The first-order chi connectivity index (χ1) is 11.0. The number of ether oxygens (including phenoxy) is 1. The summed E-state index contributed by atoms with van der Waals surface area (Å²) < 4.78 is 18.8. The highest BCUT2D eigenvalue weighted by Crippen LogP contribution is 2.27. The molecule has 0 aliphatic carbocycles. The molecule has 7 heteroatoms. The summed E-state index contributed by atoms with van der Waals surface area (Å²) in [6.07, 6.45) is -0.130. The predicted octanol–water partition coefficient (Wildman–Crippen LogP) is 3.18. The zero-order valence-electron chi connectivity index (χ0n) is 12.7. The van der Waals surface area contributed by atoms with Crippen molar-refractivity contribution >= 4 is 23.2 Å². The SMILES string of the molecule is CCO[C@@H](C)c1nc(CN2C(=O)c3ccc(F)cc3C2=O)cs1. The largest absolute Gasteiger partial charge is 0.372 e. The zero-order valence-corrected chi connectivity index (χ0v) is 13.5. The van der Waals surface area contributed by atoms with Gasteiger partial charge < -0.3 is 4.74 Å². The van der Waals surface area contributed by atoms with Crippen LogP contribution >= 0.6 is 11.3 Å². The van der Waals surface area contributed by atoms with Gasteiger partial charge in [0, 0.05) is 12.0 Å². The summed E-state index contributed by atoms with van der Waals surface area (Å²) in [5.41, 5.74) is 0.953. The Balaban J connectivity index is 1.79. The third kappa shape index (κ3) is 2.89. The maximum absolute atomic E-state index is 13.3. The van der Waals surface area contributed by atoms with Crippen LogP contribution in [0.3, 0.4) is 0 Å². The van der Waals surface area contributed by atoms with Crippen molar-refractivity contribution in [1.29, 1.82) is 0 Å². The molecule has 1 aliphatic rings. The van der Waals surface area contributed by atoms with Crippen molar-refractivity contribution < 1.29 is 18.7 Å². The van der Waals surface area contributed by atoms with Crippen molar-refractivity contribution in [3.05, 3.63) is 51.2 Å². The van der Waals surface area contributed by atoms with E-state index in [9.17, 15) is 14.0 Å². The van der Waals surface area contributed by atoms with Crippen molar-refractivity contribution in [1.82, 2.24) is 9.88 Å². The van der Waals surface area contributed by atoms with Crippen LogP contribution in [0.15, 0.2) is 23.6 Å². The van der Waals surface area contributed by atoms with Crippen LogP contribution < -0.4 is 0 Å². The minimum atomic E-state index is -0.534. The second-order valence-corrected chi connectivity index (χ2v) is 6.05. The molecule has 0 unspecified atom stereocenters. The smallest absolute Gasteiger partial charge is 0.262 e. The fourth-order valence-corrected chi connectivity index (χ4v) is 3.29. The maximum Gasteiger partial charge on any atom is 0.262 e. The van der Waals surface area contributed by atoms with Crippen LogP contribution in [0.25, 0.3) is 0 Å². The van der Waals surface area contributed by atoms with Gasteiger partial charge in [0.2, 0.25) is 0 Å². The summed E-state index contributed by atoms with van der Waals surface area (Å²) >= 11 is 1.42. The van der Waals surface area contributed by atoms with Gasteiger partial charge in [0.15, 0.2) is 0 Å². The van der Waals surface area contributed by atoms with Crippen LogP contribution in [-0.2, 0) is 11.3 Å². The van der Waals surface area contributed by atoms with Gasteiger partial charge >= 0.3 is 0 Å². The summed E-state index contributed by atoms with van der Waals surface area (Å²) in [5, 5.41) is 2.60. The number of hydrogen-bond acceptors (Lipinski definition) is 5. The van der Waals surface area contributed by atoms with Crippen molar-refractivity contribution in [3.63, 3.8) is 0 Å². The zero-order chi connectivity index (χ0) is 16.6. The minimum absolute atomic E-state index is 0.0727. The highest BCUT2D eigenvalue weighted by molar-refractivity contribution is 7.09. The van der Waals surface area contributed by atoms with Gasteiger partial charge in [-0.05, 0) is 32.0 Å². The van der Waals surface area contributed by atoms with E-state index in [1.807, 2.05) is 13.8 Å². The van der Waals surface area contributed by atoms with E-state index < -0.39 is 17.6 Å². The molecule has 3 rings (SSSR count). The van der Waals surface area contributed by atoms with E-state index in [2.05, 4.69) is 4.98 Å². The molecule has 1 aromatic heterocycles. The molecule has 0 spiro atoms. The summed E-state index contributed by atoms with van der Waals surface area (Å²) in [5.74, 6) is -1.44. The van der Waals surface area contributed by atoms with Crippen molar-refractivity contribution in [2.75, 3.05) is 6.61 Å². The molecule has 2 aromatic rings. The van der Waals surface area contributed by atoms with Crippen molar-refractivity contribution in [2.45, 2.75) is 26.5 Å². The maximum atomic E-state index is 13.3. The third-order valence-corrected chi connectivity index (χ3v) is 4.64. The number of rotatable bonds is 5. The van der Waals surface area contributed by atoms with E-state index in [1.165, 1.54) is 23.5 Å². The van der Waals surface area contributed by atoms with Gasteiger partial charge in [-0.25, -0.2) is 9.37 Å². The average molecular weight is 334 g/mol. The molecule has 120 valence electrons. The normalized spacial score (nSPS) is 15.2. The number of halogens is 1.